The molecule has 3 heteroatoms. The van der Waals surface area contributed by atoms with Gasteiger partial charge < -0.3 is 4.74 Å². The quantitative estimate of drug-likeness (QED) is 0.440. The Morgan fingerprint density at radius 2 is 1.67 bits per heavy atom. The fraction of sp³-hybridized carbons (Fsp3) is 0.458. The minimum atomic E-state index is 0.445. The Morgan fingerprint density at radius 3 is 2.44 bits per heavy atom. The van der Waals surface area contributed by atoms with Gasteiger partial charge in [-0.05, 0) is 91.5 Å². The van der Waals surface area contributed by atoms with Crippen molar-refractivity contribution in [1.82, 2.24) is 9.55 Å². The molecule has 27 heavy (non-hydrogen) atoms. The molecule has 136 valence electrons. The first-order valence-electron chi connectivity index (χ1n) is 10.5. The maximum absolute atomic E-state index is 6.19. The van der Waals surface area contributed by atoms with Crippen molar-refractivity contribution in [3.05, 3.63) is 53.6 Å². The average Bonchev–Trinajstić information content (AvgIpc) is 3.02. The van der Waals surface area contributed by atoms with Crippen LogP contribution in [0.25, 0.3) is 11.0 Å². The summed E-state index contributed by atoms with van der Waals surface area (Å²) in [5.74, 6) is 3.93. The Labute approximate surface area is 159 Å². The molecule has 0 spiro atoms. The summed E-state index contributed by atoms with van der Waals surface area (Å²) >= 11 is 0. The van der Waals surface area contributed by atoms with Crippen LogP contribution < -0.4 is 4.74 Å². The number of rotatable bonds is 1. The van der Waals surface area contributed by atoms with Crippen molar-refractivity contribution < 1.29 is 4.74 Å². The second-order valence-corrected chi connectivity index (χ2v) is 9.59. The molecule has 0 unspecified atom stereocenters. The molecular formula is C24H24N2O. The minimum Gasteiger partial charge on any atom is -0.425 e. The van der Waals surface area contributed by atoms with E-state index in [4.69, 9.17) is 4.74 Å². The summed E-state index contributed by atoms with van der Waals surface area (Å²) in [5, 5.41) is 0. The minimum absolute atomic E-state index is 0.445. The number of hydrogen-bond acceptors (Lipinski definition) is 2. The number of fused-ring (bicyclic) bond motifs is 4. The third kappa shape index (κ3) is 2.00. The average molecular weight is 356 g/mol. The highest BCUT2D eigenvalue weighted by atomic mass is 16.5. The summed E-state index contributed by atoms with van der Waals surface area (Å²) in [4.78, 5) is 4.67. The molecule has 8 rings (SSSR count). The van der Waals surface area contributed by atoms with Crippen LogP contribution in [0.3, 0.4) is 0 Å². The number of aromatic nitrogens is 2. The normalized spacial score (nSPS) is 33.0. The molecule has 3 aromatic rings. The van der Waals surface area contributed by atoms with Crippen LogP contribution in [0.15, 0.2) is 42.5 Å². The van der Waals surface area contributed by atoms with Gasteiger partial charge in [-0.1, -0.05) is 18.2 Å². The zero-order valence-electron chi connectivity index (χ0n) is 15.5. The van der Waals surface area contributed by atoms with Gasteiger partial charge in [0.25, 0.3) is 0 Å². The maximum Gasteiger partial charge on any atom is 0.303 e. The zero-order valence-corrected chi connectivity index (χ0v) is 15.5. The Bertz CT molecular complexity index is 1040. The second kappa shape index (κ2) is 4.95. The molecule has 1 aliphatic heterocycles. The van der Waals surface area contributed by atoms with Gasteiger partial charge >= 0.3 is 6.01 Å². The van der Waals surface area contributed by atoms with Gasteiger partial charge in [0.15, 0.2) is 0 Å². The third-order valence-corrected chi connectivity index (χ3v) is 7.86. The predicted octanol–water partition coefficient (Wildman–Crippen LogP) is 5.66. The number of imidazole rings is 1. The van der Waals surface area contributed by atoms with Crippen LogP contribution in [0.4, 0.5) is 0 Å². The molecule has 0 amide bonds. The maximum atomic E-state index is 6.19. The molecule has 0 atom stereocenters. The topological polar surface area (TPSA) is 27.1 Å². The van der Waals surface area contributed by atoms with E-state index in [1.54, 1.807) is 5.56 Å². The molecule has 2 heterocycles. The van der Waals surface area contributed by atoms with Crippen LogP contribution >= 0.6 is 0 Å². The molecule has 0 saturated heterocycles. The molecule has 0 N–H and O–H groups in total. The Kier molecular flexibility index (Phi) is 2.70. The van der Waals surface area contributed by atoms with Crippen molar-refractivity contribution in [3.8, 4) is 11.8 Å². The summed E-state index contributed by atoms with van der Waals surface area (Å²) in [6, 6.07) is 16.1. The Balaban J connectivity index is 1.31. The standard InChI is InChI=1S/C24H24N2O/c1-2-4-21-20(3-1)25-23-26(21)14-18-10-19(5-6-22(18)27-23)24-11-15-7-16(12-24)9-17(8-15)13-24/h1-6,10,15-17H,7-9,11-14H2. The van der Waals surface area contributed by atoms with E-state index in [1.165, 1.54) is 49.6 Å². The highest BCUT2D eigenvalue weighted by Crippen LogP contribution is 2.61. The summed E-state index contributed by atoms with van der Waals surface area (Å²) < 4.78 is 8.41. The molecule has 2 aromatic carbocycles. The summed E-state index contributed by atoms with van der Waals surface area (Å²) in [6.45, 7) is 0.866. The van der Waals surface area contributed by atoms with Crippen LogP contribution in [0.1, 0.15) is 49.7 Å². The lowest BCUT2D eigenvalue weighted by molar-refractivity contribution is -0.00524. The summed E-state index contributed by atoms with van der Waals surface area (Å²) in [7, 11) is 0. The highest BCUT2D eigenvalue weighted by Gasteiger charge is 2.51. The van der Waals surface area contributed by atoms with E-state index >= 15 is 0 Å². The predicted molar refractivity (Wildman–Crippen MR) is 105 cm³/mol. The lowest BCUT2D eigenvalue weighted by atomic mass is 9.48. The van der Waals surface area contributed by atoms with Crippen LogP contribution in [-0.2, 0) is 12.0 Å². The van der Waals surface area contributed by atoms with E-state index in [2.05, 4.69) is 45.9 Å². The molecule has 3 nitrogen and oxygen atoms in total. The van der Waals surface area contributed by atoms with E-state index in [9.17, 15) is 0 Å². The van der Waals surface area contributed by atoms with Crippen LogP contribution in [0.2, 0.25) is 0 Å². The molecule has 0 radical (unpaired) electrons. The van der Waals surface area contributed by atoms with Gasteiger partial charge in [0.1, 0.15) is 5.75 Å². The first kappa shape index (κ1) is 14.7. The molecule has 4 aliphatic carbocycles. The number of nitrogens with zero attached hydrogens (tertiary/aromatic N) is 2. The summed E-state index contributed by atoms with van der Waals surface area (Å²) in [6.07, 6.45) is 8.74. The van der Waals surface area contributed by atoms with Crippen LogP contribution in [0.5, 0.6) is 11.8 Å². The Hall–Kier alpha value is -2.29. The van der Waals surface area contributed by atoms with E-state index in [1.807, 2.05) is 6.07 Å². The van der Waals surface area contributed by atoms with Crippen molar-refractivity contribution in [1.29, 1.82) is 0 Å². The van der Waals surface area contributed by atoms with E-state index in [-0.39, 0.29) is 0 Å². The van der Waals surface area contributed by atoms with Gasteiger partial charge in [-0.15, -0.1) is 0 Å². The van der Waals surface area contributed by atoms with Gasteiger partial charge in [-0.25, -0.2) is 0 Å². The fourth-order valence-corrected chi connectivity index (χ4v) is 7.15. The first-order chi connectivity index (χ1) is 13.3. The number of benzene rings is 2. The molecule has 5 aliphatic rings. The first-order valence-corrected chi connectivity index (χ1v) is 10.5. The molecule has 4 fully saturated rings. The van der Waals surface area contributed by atoms with Gasteiger partial charge in [0.2, 0.25) is 0 Å². The van der Waals surface area contributed by atoms with Crippen LogP contribution in [0, 0.1) is 17.8 Å². The van der Waals surface area contributed by atoms with E-state index in [0.717, 1.165) is 41.6 Å². The molecule has 4 saturated carbocycles. The number of ether oxygens (including phenoxy) is 1. The fourth-order valence-electron chi connectivity index (χ4n) is 7.15. The molecule has 4 bridgehead atoms. The van der Waals surface area contributed by atoms with Gasteiger partial charge in [0.05, 0.1) is 17.6 Å². The van der Waals surface area contributed by atoms with Crippen LogP contribution in [-0.4, -0.2) is 9.55 Å². The van der Waals surface area contributed by atoms with E-state index < -0.39 is 0 Å². The van der Waals surface area contributed by atoms with Crippen molar-refractivity contribution >= 4 is 11.0 Å². The van der Waals surface area contributed by atoms with Gasteiger partial charge in [-0.3, -0.25) is 4.57 Å². The smallest absolute Gasteiger partial charge is 0.303 e. The third-order valence-electron chi connectivity index (χ3n) is 7.86. The Morgan fingerprint density at radius 1 is 0.926 bits per heavy atom. The molecule has 1 aromatic heterocycles. The summed E-state index contributed by atoms with van der Waals surface area (Å²) in [5.41, 5.74) is 5.52. The van der Waals surface area contributed by atoms with Crippen molar-refractivity contribution in [3.63, 3.8) is 0 Å². The van der Waals surface area contributed by atoms with Crippen molar-refractivity contribution in [2.45, 2.75) is 50.5 Å². The second-order valence-electron chi connectivity index (χ2n) is 9.59. The zero-order chi connectivity index (χ0) is 17.6. The van der Waals surface area contributed by atoms with Gasteiger partial charge in [-0.2, -0.15) is 4.98 Å². The molecular weight excluding hydrogens is 332 g/mol. The van der Waals surface area contributed by atoms with Crippen molar-refractivity contribution in [2.24, 2.45) is 17.8 Å². The number of hydrogen-bond donors (Lipinski definition) is 0. The highest BCUT2D eigenvalue weighted by molar-refractivity contribution is 5.77. The van der Waals surface area contributed by atoms with Gasteiger partial charge in [0, 0.05) is 5.56 Å². The lowest BCUT2D eigenvalue weighted by Gasteiger charge is -2.57. The van der Waals surface area contributed by atoms with E-state index in [0.29, 0.717) is 5.41 Å². The number of para-hydroxylation sites is 2. The SMILES string of the molecule is c1ccc2c(c1)nc1n2Cc2cc(C34CC5CC(CC(C5)C3)C4)ccc2O1. The lowest BCUT2D eigenvalue weighted by Crippen LogP contribution is -2.48. The van der Waals surface area contributed by atoms with Crippen molar-refractivity contribution in [2.75, 3.05) is 0 Å². The monoisotopic (exact) mass is 356 g/mol. The largest absolute Gasteiger partial charge is 0.425 e.